The fourth-order valence-corrected chi connectivity index (χ4v) is 3.53. The van der Waals surface area contributed by atoms with Gasteiger partial charge in [0, 0.05) is 48.5 Å². The molecule has 6 heteroatoms. The Morgan fingerprint density at radius 2 is 1.85 bits per heavy atom. The van der Waals surface area contributed by atoms with Crippen LogP contribution in [-0.4, -0.2) is 40.3 Å². The predicted molar refractivity (Wildman–Crippen MR) is 107 cm³/mol. The average molecular weight is 368 g/mol. The van der Waals surface area contributed by atoms with Crippen molar-refractivity contribution in [3.63, 3.8) is 0 Å². The highest BCUT2D eigenvalue weighted by molar-refractivity contribution is 5.91. The Hall–Kier alpha value is -2.47. The third-order valence-electron chi connectivity index (χ3n) is 5.17. The summed E-state index contributed by atoms with van der Waals surface area (Å²) in [5.74, 6) is 0. The van der Waals surface area contributed by atoms with Gasteiger partial charge in [0.1, 0.15) is 5.52 Å². The molecule has 3 aromatic heterocycles. The third kappa shape index (κ3) is 3.54. The number of imidazole rings is 1. The highest BCUT2D eigenvalue weighted by atomic mass is 16.5. The molecule has 0 aliphatic heterocycles. The smallest absolute Gasteiger partial charge is 0.298 e. The van der Waals surface area contributed by atoms with E-state index in [-0.39, 0.29) is 6.04 Å². The summed E-state index contributed by atoms with van der Waals surface area (Å²) in [5, 5.41) is 0. The zero-order valence-corrected chi connectivity index (χ0v) is 17.0. The number of aromatic nitrogens is 4. The van der Waals surface area contributed by atoms with Gasteiger partial charge >= 0.3 is 0 Å². The summed E-state index contributed by atoms with van der Waals surface area (Å²) in [7, 11) is 3.38. The van der Waals surface area contributed by atoms with Crippen molar-refractivity contribution in [3.05, 3.63) is 35.3 Å². The van der Waals surface area contributed by atoms with E-state index in [0.717, 1.165) is 46.5 Å². The van der Waals surface area contributed by atoms with Crippen LogP contribution >= 0.6 is 0 Å². The third-order valence-corrected chi connectivity index (χ3v) is 5.17. The van der Waals surface area contributed by atoms with Crippen molar-refractivity contribution in [2.45, 2.75) is 46.6 Å². The van der Waals surface area contributed by atoms with Crippen molar-refractivity contribution in [1.82, 2.24) is 19.5 Å². The summed E-state index contributed by atoms with van der Waals surface area (Å²) in [6.07, 6.45) is 3.67. The van der Waals surface area contributed by atoms with Crippen LogP contribution in [0.5, 0.6) is 6.01 Å². The standard InChI is InChI=1S/C21H28N4O2/c1-7-16(9-11-26-5)25-20-19(24-21(25)27-6)17(8-10-22-20)18-12-13(2)14(3)23-15(18)4/h8,10,12,16H,7,9,11H2,1-6H3. The number of hydrogen-bond acceptors (Lipinski definition) is 5. The van der Waals surface area contributed by atoms with Crippen LogP contribution in [0.4, 0.5) is 0 Å². The first kappa shape index (κ1) is 19.3. The summed E-state index contributed by atoms with van der Waals surface area (Å²) in [6, 6.07) is 4.99. The molecular weight excluding hydrogens is 340 g/mol. The van der Waals surface area contributed by atoms with Crippen molar-refractivity contribution < 1.29 is 9.47 Å². The van der Waals surface area contributed by atoms with Gasteiger partial charge < -0.3 is 9.47 Å². The van der Waals surface area contributed by atoms with Crippen molar-refractivity contribution >= 4 is 11.2 Å². The SMILES string of the molecule is CCC(CCOC)n1c(OC)nc2c(-c3cc(C)c(C)nc3C)ccnc21. The van der Waals surface area contributed by atoms with Gasteiger partial charge in [-0.05, 0) is 51.3 Å². The molecule has 0 amide bonds. The van der Waals surface area contributed by atoms with E-state index in [1.807, 2.05) is 26.1 Å². The molecule has 0 fully saturated rings. The molecule has 1 unspecified atom stereocenters. The van der Waals surface area contributed by atoms with Crippen molar-refractivity contribution in [2.24, 2.45) is 0 Å². The topological polar surface area (TPSA) is 62.1 Å². The first-order valence-electron chi connectivity index (χ1n) is 9.36. The van der Waals surface area contributed by atoms with Crippen LogP contribution < -0.4 is 4.74 Å². The van der Waals surface area contributed by atoms with E-state index in [0.29, 0.717) is 12.6 Å². The lowest BCUT2D eigenvalue weighted by atomic mass is 10.0. The zero-order valence-electron chi connectivity index (χ0n) is 17.0. The molecule has 144 valence electrons. The molecule has 0 aliphatic rings. The Kier molecular flexibility index (Phi) is 5.75. The van der Waals surface area contributed by atoms with Gasteiger partial charge in [-0.3, -0.25) is 9.55 Å². The molecule has 3 aromatic rings. The molecule has 0 radical (unpaired) electrons. The van der Waals surface area contributed by atoms with Gasteiger partial charge in [0.05, 0.1) is 7.11 Å². The molecule has 0 spiro atoms. The minimum Gasteiger partial charge on any atom is -0.468 e. The molecular formula is C21H28N4O2. The normalized spacial score (nSPS) is 12.5. The number of nitrogens with zero attached hydrogens (tertiary/aromatic N) is 4. The highest BCUT2D eigenvalue weighted by Gasteiger charge is 2.22. The second kappa shape index (κ2) is 8.05. The van der Waals surface area contributed by atoms with E-state index in [2.05, 4.69) is 29.5 Å². The summed E-state index contributed by atoms with van der Waals surface area (Å²) >= 11 is 0. The van der Waals surface area contributed by atoms with Crippen LogP contribution in [0.3, 0.4) is 0 Å². The Morgan fingerprint density at radius 3 is 2.52 bits per heavy atom. The van der Waals surface area contributed by atoms with Crippen LogP contribution in [0.1, 0.15) is 42.8 Å². The predicted octanol–water partition coefficient (Wildman–Crippen LogP) is 4.41. The van der Waals surface area contributed by atoms with E-state index < -0.39 is 0 Å². The summed E-state index contributed by atoms with van der Waals surface area (Å²) in [4.78, 5) is 14.1. The first-order valence-corrected chi connectivity index (χ1v) is 9.36. The van der Waals surface area contributed by atoms with Crippen LogP contribution in [0, 0.1) is 20.8 Å². The summed E-state index contributed by atoms with van der Waals surface area (Å²) < 4.78 is 13.0. The summed E-state index contributed by atoms with van der Waals surface area (Å²) in [5.41, 5.74) is 7.01. The van der Waals surface area contributed by atoms with E-state index in [1.54, 1.807) is 14.2 Å². The molecule has 3 heterocycles. The molecule has 0 aromatic carbocycles. The molecule has 0 bridgehead atoms. The number of methoxy groups -OCH3 is 2. The molecule has 3 rings (SSSR count). The van der Waals surface area contributed by atoms with E-state index in [9.17, 15) is 0 Å². The Balaban J connectivity index is 2.22. The molecule has 27 heavy (non-hydrogen) atoms. The van der Waals surface area contributed by atoms with E-state index >= 15 is 0 Å². The number of rotatable bonds is 7. The summed E-state index contributed by atoms with van der Waals surface area (Å²) in [6.45, 7) is 9.00. The van der Waals surface area contributed by atoms with Gasteiger partial charge in [0.15, 0.2) is 5.65 Å². The zero-order chi connectivity index (χ0) is 19.6. The lowest BCUT2D eigenvalue weighted by molar-refractivity contribution is 0.175. The van der Waals surface area contributed by atoms with Gasteiger partial charge in [0.2, 0.25) is 0 Å². The van der Waals surface area contributed by atoms with Gasteiger partial charge in [0.25, 0.3) is 6.01 Å². The molecule has 0 aliphatic carbocycles. The lowest BCUT2D eigenvalue weighted by Gasteiger charge is -2.18. The van der Waals surface area contributed by atoms with Crippen LogP contribution in [-0.2, 0) is 4.74 Å². The largest absolute Gasteiger partial charge is 0.468 e. The van der Waals surface area contributed by atoms with Gasteiger partial charge in [-0.25, -0.2) is 4.98 Å². The van der Waals surface area contributed by atoms with Crippen molar-refractivity contribution in [3.8, 4) is 17.1 Å². The maximum absolute atomic E-state index is 5.61. The van der Waals surface area contributed by atoms with E-state index in [4.69, 9.17) is 19.4 Å². The van der Waals surface area contributed by atoms with E-state index in [1.165, 1.54) is 5.56 Å². The molecule has 6 nitrogen and oxygen atoms in total. The molecule has 0 saturated carbocycles. The maximum atomic E-state index is 5.61. The minimum absolute atomic E-state index is 0.214. The lowest BCUT2D eigenvalue weighted by Crippen LogP contribution is -2.12. The van der Waals surface area contributed by atoms with Crippen molar-refractivity contribution in [2.75, 3.05) is 20.8 Å². The highest BCUT2D eigenvalue weighted by Crippen LogP contribution is 2.35. The quantitative estimate of drug-likeness (QED) is 0.618. The average Bonchev–Trinajstić information content (AvgIpc) is 3.04. The fraction of sp³-hybridized carbons (Fsp3) is 0.476. The second-order valence-electron chi connectivity index (χ2n) is 6.87. The van der Waals surface area contributed by atoms with Crippen LogP contribution in [0.15, 0.2) is 18.3 Å². The van der Waals surface area contributed by atoms with Gasteiger partial charge in [-0.2, -0.15) is 4.98 Å². The second-order valence-corrected chi connectivity index (χ2v) is 6.87. The Bertz CT molecular complexity index is 949. The first-order chi connectivity index (χ1) is 13.0. The fourth-order valence-electron chi connectivity index (χ4n) is 3.53. The van der Waals surface area contributed by atoms with Gasteiger partial charge in [-0.1, -0.05) is 6.92 Å². The molecule has 1 atom stereocenters. The van der Waals surface area contributed by atoms with Crippen molar-refractivity contribution in [1.29, 1.82) is 0 Å². The Morgan fingerprint density at radius 1 is 1.07 bits per heavy atom. The van der Waals surface area contributed by atoms with Crippen LogP contribution in [0.2, 0.25) is 0 Å². The number of ether oxygens (including phenoxy) is 2. The Labute approximate surface area is 160 Å². The monoisotopic (exact) mass is 368 g/mol. The maximum Gasteiger partial charge on any atom is 0.298 e. The number of hydrogen-bond donors (Lipinski definition) is 0. The number of pyridine rings is 2. The van der Waals surface area contributed by atoms with Gasteiger partial charge in [-0.15, -0.1) is 0 Å². The van der Waals surface area contributed by atoms with Crippen LogP contribution in [0.25, 0.3) is 22.3 Å². The number of fused-ring (bicyclic) bond motifs is 1. The minimum atomic E-state index is 0.214. The molecule has 0 saturated heterocycles. The molecule has 0 N–H and O–H groups in total. The number of aryl methyl sites for hydroxylation is 3.